The average Bonchev–Trinajstić information content (AvgIpc) is 2.69. The Kier molecular flexibility index (Phi) is 4.96. The van der Waals surface area contributed by atoms with Gasteiger partial charge in [-0.25, -0.2) is 0 Å². The maximum atomic E-state index is 12.3. The minimum Gasteiger partial charge on any atom is -0.303 e. The minimum absolute atomic E-state index is 0.0342. The molecule has 3 heterocycles. The highest BCUT2D eigenvalue weighted by molar-refractivity contribution is 6.15. The van der Waals surface area contributed by atoms with Crippen molar-refractivity contribution in [3.05, 3.63) is 90.3 Å². The van der Waals surface area contributed by atoms with Gasteiger partial charge in [-0.3, -0.25) is 24.5 Å². The molecule has 3 aromatic heterocycles. The van der Waals surface area contributed by atoms with E-state index < -0.39 is 11.8 Å². The predicted octanol–water partition coefficient (Wildman–Crippen LogP) is 1.89. The number of aromatic nitrogens is 3. The van der Waals surface area contributed by atoms with Gasteiger partial charge >= 0.3 is 0 Å². The zero-order chi connectivity index (χ0) is 17.5. The summed E-state index contributed by atoms with van der Waals surface area (Å²) in [4.78, 5) is 40.7. The van der Waals surface area contributed by atoms with Crippen molar-refractivity contribution in [1.82, 2.24) is 20.3 Å². The van der Waals surface area contributed by atoms with Gasteiger partial charge in [0.25, 0.3) is 11.8 Å². The molecule has 2 amide bonds. The molecule has 0 aliphatic carbocycles. The first-order valence-corrected chi connectivity index (χ1v) is 7.42. The summed E-state index contributed by atoms with van der Waals surface area (Å²) in [5, 5.41) is 2.59. The van der Waals surface area contributed by atoms with Gasteiger partial charge in [0.15, 0.2) is 5.84 Å². The molecule has 0 saturated heterocycles. The van der Waals surface area contributed by atoms with Crippen LogP contribution in [0.5, 0.6) is 0 Å². The second-order valence-electron chi connectivity index (χ2n) is 4.86. The molecule has 0 aliphatic heterocycles. The monoisotopic (exact) mass is 331 g/mol. The number of amidine groups is 1. The van der Waals surface area contributed by atoms with E-state index >= 15 is 0 Å². The molecule has 0 unspecified atom stereocenters. The quantitative estimate of drug-likeness (QED) is 0.584. The number of pyridine rings is 3. The highest BCUT2D eigenvalue weighted by atomic mass is 16.2. The van der Waals surface area contributed by atoms with E-state index in [0.29, 0.717) is 5.69 Å². The molecular weight excluding hydrogens is 318 g/mol. The number of nitrogens with one attached hydrogen (secondary N) is 1. The number of nitrogens with zero attached hydrogens (tertiary/aromatic N) is 4. The van der Waals surface area contributed by atoms with Crippen molar-refractivity contribution in [2.45, 2.75) is 0 Å². The largest absolute Gasteiger partial charge is 0.303 e. The molecule has 7 nitrogen and oxygen atoms in total. The Bertz CT molecular complexity index is 897. The number of hydrogen-bond acceptors (Lipinski definition) is 5. The van der Waals surface area contributed by atoms with E-state index in [-0.39, 0.29) is 17.2 Å². The summed E-state index contributed by atoms with van der Waals surface area (Å²) in [6.45, 7) is 0. The van der Waals surface area contributed by atoms with Crippen LogP contribution in [0.1, 0.15) is 26.7 Å². The van der Waals surface area contributed by atoms with Crippen LogP contribution in [-0.2, 0) is 0 Å². The maximum Gasteiger partial charge on any atom is 0.297 e. The number of carbonyl (C=O) groups excluding carboxylic acids is 2. The second-order valence-corrected chi connectivity index (χ2v) is 4.86. The van der Waals surface area contributed by atoms with Crippen molar-refractivity contribution in [1.29, 1.82) is 0 Å². The number of carbonyl (C=O) groups is 2. The molecule has 0 spiro atoms. The van der Waals surface area contributed by atoms with Crippen LogP contribution in [0.2, 0.25) is 0 Å². The lowest BCUT2D eigenvalue weighted by molar-refractivity contribution is 0.0972. The van der Waals surface area contributed by atoms with E-state index in [4.69, 9.17) is 0 Å². The molecule has 0 saturated carbocycles. The molecule has 7 heteroatoms. The van der Waals surface area contributed by atoms with Gasteiger partial charge < -0.3 is 5.32 Å². The van der Waals surface area contributed by atoms with Gasteiger partial charge in [0.1, 0.15) is 17.1 Å². The molecule has 0 radical (unpaired) electrons. The highest BCUT2D eigenvalue weighted by Gasteiger charge is 2.15. The summed E-state index contributed by atoms with van der Waals surface area (Å²) in [5.41, 5.74) is 0.732. The number of aliphatic imine (C=N–C) groups is 1. The molecular formula is C18H13N5O2. The summed E-state index contributed by atoms with van der Waals surface area (Å²) in [6, 6.07) is 15.0. The van der Waals surface area contributed by atoms with E-state index in [2.05, 4.69) is 25.3 Å². The van der Waals surface area contributed by atoms with Crippen molar-refractivity contribution < 1.29 is 9.59 Å². The highest BCUT2D eigenvalue weighted by Crippen LogP contribution is 2.02. The van der Waals surface area contributed by atoms with E-state index in [0.717, 1.165) is 0 Å². The summed E-state index contributed by atoms with van der Waals surface area (Å²) >= 11 is 0. The fraction of sp³-hybridized carbons (Fsp3) is 0. The zero-order valence-corrected chi connectivity index (χ0v) is 13.0. The van der Waals surface area contributed by atoms with Gasteiger partial charge in [-0.05, 0) is 36.4 Å². The summed E-state index contributed by atoms with van der Waals surface area (Å²) < 4.78 is 0. The van der Waals surface area contributed by atoms with E-state index in [9.17, 15) is 9.59 Å². The topological polar surface area (TPSA) is 97.2 Å². The Hall–Kier alpha value is -3.74. The van der Waals surface area contributed by atoms with Crippen LogP contribution in [-0.4, -0.2) is 32.6 Å². The van der Waals surface area contributed by atoms with Crippen LogP contribution in [0.25, 0.3) is 0 Å². The summed E-state index contributed by atoms with van der Waals surface area (Å²) in [5.74, 6) is -1.03. The average molecular weight is 331 g/mol. The Balaban J connectivity index is 1.92. The Morgan fingerprint density at radius 3 is 1.76 bits per heavy atom. The van der Waals surface area contributed by atoms with Crippen LogP contribution in [0.15, 0.2) is 78.2 Å². The fourth-order valence-electron chi connectivity index (χ4n) is 1.97. The first-order chi connectivity index (χ1) is 12.2. The molecule has 25 heavy (non-hydrogen) atoms. The molecule has 1 N–H and O–H groups in total. The van der Waals surface area contributed by atoms with Crippen LogP contribution in [0, 0.1) is 0 Å². The Morgan fingerprint density at radius 2 is 1.24 bits per heavy atom. The third-order valence-electron chi connectivity index (χ3n) is 3.13. The lowest BCUT2D eigenvalue weighted by Gasteiger charge is -2.07. The molecule has 0 aliphatic rings. The zero-order valence-electron chi connectivity index (χ0n) is 13.0. The van der Waals surface area contributed by atoms with Crippen LogP contribution >= 0.6 is 0 Å². The molecule has 122 valence electrons. The predicted molar refractivity (Wildman–Crippen MR) is 91.0 cm³/mol. The SMILES string of the molecule is O=C(N=C(NC(=O)c1ccccn1)c1ccccn1)c1ccccn1. The van der Waals surface area contributed by atoms with Crippen molar-refractivity contribution in [2.24, 2.45) is 4.99 Å². The van der Waals surface area contributed by atoms with Crippen molar-refractivity contribution >= 4 is 17.6 Å². The standard InChI is InChI=1S/C18H13N5O2/c24-17(14-8-2-5-11-20-14)22-16(13-7-1-4-10-19-13)23-18(25)15-9-3-6-12-21-15/h1-12H,(H,22,23,24,25). The van der Waals surface area contributed by atoms with Gasteiger partial charge in [0, 0.05) is 18.6 Å². The van der Waals surface area contributed by atoms with Gasteiger partial charge in [-0.15, -0.1) is 0 Å². The molecule has 3 aromatic rings. The first kappa shape index (κ1) is 16.1. The number of hydrogen-bond donors (Lipinski definition) is 1. The Morgan fingerprint density at radius 1 is 0.720 bits per heavy atom. The van der Waals surface area contributed by atoms with Crippen molar-refractivity contribution in [3.63, 3.8) is 0 Å². The molecule has 0 aromatic carbocycles. The smallest absolute Gasteiger partial charge is 0.297 e. The lowest BCUT2D eigenvalue weighted by Crippen LogP contribution is -2.33. The second kappa shape index (κ2) is 7.69. The van der Waals surface area contributed by atoms with Gasteiger partial charge in [0.2, 0.25) is 0 Å². The maximum absolute atomic E-state index is 12.3. The van der Waals surface area contributed by atoms with E-state index in [1.165, 1.54) is 12.4 Å². The van der Waals surface area contributed by atoms with Gasteiger partial charge in [-0.1, -0.05) is 18.2 Å². The summed E-state index contributed by atoms with van der Waals surface area (Å²) in [6.07, 6.45) is 4.55. The number of amides is 2. The van der Waals surface area contributed by atoms with Crippen molar-refractivity contribution in [3.8, 4) is 0 Å². The van der Waals surface area contributed by atoms with Gasteiger partial charge in [-0.2, -0.15) is 4.99 Å². The van der Waals surface area contributed by atoms with Crippen LogP contribution in [0.3, 0.4) is 0 Å². The number of rotatable bonds is 3. The van der Waals surface area contributed by atoms with Gasteiger partial charge in [0.05, 0.1) is 0 Å². The van der Waals surface area contributed by atoms with Crippen LogP contribution < -0.4 is 5.32 Å². The van der Waals surface area contributed by atoms with Crippen LogP contribution in [0.4, 0.5) is 0 Å². The molecule has 0 fully saturated rings. The van der Waals surface area contributed by atoms with E-state index in [1.54, 1.807) is 60.8 Å². The Labute approximate surface area is 143 Å². The molecule has 3 rings (SSSR count). The third-order valence-corrected chi connectivity index (χ3v) is 3.13. The fourth-order valence-corrected chi connectivity index (χ4v) is 1.97. The molecule has 0 atom stereocenters. The molecule has 0 bridgehead atoms. The minimum atomic E-state index is -0.581. The van der Waals surface area contributed by atoms with Crippen molar-refractivity contribution in [2.75, 3.05) is 0 Å². The first-order valence-electron chi connectivity index (χ1n) is 7.42. The summed E-state index contributed by atoms with van der Waals surface area (Å²) in [7, 11) is 0. The third kappa shape index (κ3) is 4.17. The van der Waals surface area contributed by atoms with E-state index in [1.807, 2.05) is 0 Å². The lowest BCUT2D eigenvalue weighted by atomic mass is 10.3. The normalized spacial score (nSPS) is 11.0.